The van der Waals surface area contributed by atoms with Crippen LogP contribution in [0.15, 0.2) is 42.1 Å². The zero-order valence-corrected chi connectivity index (χ0v) is 15.8. The highest BCUT2D eigenvalue weighted by atomic mass is 19.1. The molecule has 0 bridgehead atoms. The van der Waals surface area contributed by atoms with Crippen LogP contribution in [0.25, 0.3) is 10.9 Å². The topological polar surface area (TPSA) is 62.7 Å². The van der Waals surface area contributed by atoms with Crippen molar-refractivity contribution in [3.05, 3.63) is 53.3 Å². The summed E-state index contributed by atoms with van der Waals surface area (Å²) in [4.78, 5) is 19.4. The smallest absolute Gasteiger partial charge is 0.259 e. The molecule has 6 heteroatoms. The van der Waals surface area contributed by atoms with Crippen molar-refractivity contribution in [1.82, 2.24) is 9.88 Å². The SMILES string of the molecule is COc1c2c(c(O)c3ncccc13)C(=O)N(CC1=CCC(C)(F)C=C1)C21CC1. The summed E-state index contributed by atoms with van der Waals surface area (Å²) in [6.45, 7) is 1.92. The first-order valence-corrected chi connectivity index (χ1v) is 9.45. The highest BCUT2D eigenvalue weighted by Crippen LogP contribution is 2.62. The van der Waals surface area contributed by atoms with Crippen LogP contribution in [0.1, 0.15) is 42.1 Å². The van der Waals surface area contributed by atoms with Gasteiger partial charge in [0.05, 0.1) is 18.2 Å². The van der Waals surface area contributed by atoms with Crippen molar-refractivity contribution >= 4 is 16.8 Å². The maximum Gasteiger partial charge on any atom is 0.259 e. The molecule has 1 atom stereocenters. The Kier molecular flexibility index (Phi) is 3.42. The van der Waals surface area contributed by atoms with E-state index in [1.54, 1.807) is 36.4 Å². The first-order valence-electron chi connectivity index (χ1n) is 9.45. The third-order valence-electron chi connectivity index (χ3n) is 6.11. The van der Waals surface area contributed by atoms with E-state index in [1.807, 2.05) is 12.1 Å². The predicted molar refractivity (Wildman–Crippen MR) is 103 cm³/mol. The summed E-state index contributed by atoms with van der Waals surface area (Å²) in [7, 11) is 1.58. The number of rotatable bonds is 3. The standard InChI is InChI=1S/C22H21FN2O3/c1-21(23)7-5-13(6-8-21)12-25-20(27)15-16(22(25)9-10-22)19(28-2)14-4-3-11-24-17(14)18(15)26/h3-7,11,26H,8-10,12H2,1-2H3. The summed E-state index contributed by atoms with van der Waals surface area (Å²) in [6, 6.07) is 3.63. The zero-order valence-electron chi connectivity index (χ0n) is 15.8. The number of halogens is 1. The van der Waals surface area contributed by atoms with Gasteiger partial charge in [-0.05, 0) is 43.5 Å². The van der Waals surface area contributed by atoms with Crippen LogP contribution in [-0.4, -0.2) is 40.2 Å². The zero-order chi connectivity index (χ0) is 19.7. The number of nitrogens with zero attached hydrogens (tertiary/aromatic N) is 2. The average Bonchev–Trinajstić information content (AvgIpc) is 3.44. The summed E-state index contributed by atoms with van der Waals surface area (Å²) in [6.07, 6.45) is 8.65. The lowest BCUT2D eigenvalue weighted by molar-refractivity contribution is 0.0719. The second-order valence-corrected chi connectivity index (χ2v) is 8.05. The molecule has 1 aromatic heterocycles. The molecule has 1 saturated carbocycles. The number of carbonyl (C=O) groups excluding carboxylic acids is 1. The Labute approximate surface area is 162 Å². The molecule has 1 N–H and O–H groups in total. The number of aromatic nitrogens is 1. The Hall–Kier alpha value is -2.89. The summed E-state index contributed by atoms with van der Waals surface area (Å²) >= 11 is 0. The molecular weight excluding hydrogens is 359 g/mol. The molecule has 2 aromatic rings. The molecule has 144 valence electrons. The van der Waals surface area contributed by atoms with Gasteiger partial charge in [0.2, 0.25) is 0 Å². The number of methoxy groups -OCH3 is 1. The molecule has 28 heavy (non-hydrogen) atoms. The lowest BCUT2D eigenvalue weighted by Crippen LogP contribution is -2.35. The van der Waals surface area contributed by atoms with E-state index in [1.165, 1.54) is 6.92 Å². The van der Waals surface area contributed by atoms with Gasteiger partial charge in [-0.1, -0.05) is 12.2 Å². The molecule has 5 nitrogen and oxygen atoms in total. The number of benzene rings is 1. The van der Waals surface area contributed by atoms with Gasteiger partial charge in [-0.15, -0.1) is 0 Å². The molecule has 5 rings (SSSR count). The van der Waals surface area contributed by atoms with Gasteiger partial charge in [-0.2, -0.15) is 0 Å². The first-order chi connectivity index (χ1) is 13.4. The van der Waals surface area contributed by atoms with Crippen molar-refractivity contribution in [2.75, 3.05) is 13.7 Å². The summed E-state index contributed by atoms with van der Waals surface area (Å²) in [5.41, 5.74) is 0.511. The van der Waals surface area contributed by atoms with E-state index in [4.69, 9.17) is 4.74 Å². The monoisotopic (exact) mass is 380 g/mol. The molecule has 1 aromatic carbocycles. The van der Waals surface area contributed by atoms with E-state index in [0.29, 0.717) is 29.6 Å². The molecular formula is C22H21FN2O3. The molecule has 1 spiro atoms. The number of fused-ring (bicyclic) bond motifs is 3. The summed E-state index contributed by atoms with van der Waals surface area (Å²) in [5, 5.41) is 11.6. The van der Waals surface area contributed by atoms with Crippen molar-refractivity contribution in [2.45, 2.75) is 37.4 Å². The van der Waals surface area contributed by atoms with E-state index >= 15 is 0 Å². The van der Waals surface area contributed by atoms with Gasteiger partial charge < -0.3 is 14.7 Å². The number of ether oxygens (including phenoxy) is 1. The Morgan fingerprint density at radius 1 is 1.39 bits per heavy atom. The number of hydrogen-bond acceptors (Lipinski definition) is 4. The first kappa shape index (κ1) is 17.2. The highest BCUT2D eigenvalue weighted by molar-refractivity contribution is 6.10. The fourth-order valence-corrected chi connectivity index (χ4v) is 4.50. The molecule has 0 radical (unpaired) electrons. The second kappa shape index (κ2) is 5.56. The number of amides is 1. The molecule has 1 unspecified atom stereocenters. The van der Waals surface area contributed by atoms with Crippen LogP contribution in [0.3, 0.4) is 0 Å². The summed E-state index contributed by atoms with van der Waals surface area (Å²) < 4.78 is 19.8. The van der Waals surface area contributed by atoms with Crippen LogP contribution in [0.4, 0.5) is 4.39 Å². The van der Waals surface area contributed by atoms with Gasteiger partial charge in [0.25, 0.3) is 5.91 Å². The quantitative estimate of drug-likeness (QED) is 0.874. The molecule has 3 aliphatic rings. The Balaban J connectivity index is 1.63. The van der Waals surface area contributed by atoms with E-state index in [0.717, 1.165) is 24.0 Å². The fraction of sp³-hybridized carbons (Fsp3) is 0.364. The molecule has 1 fully saturated rings. The number of phenols is 1. The maximum atomic E-state index is 14.1. The minimum Gasteiger partial charge on any atom is -0.505 e. The fourth-order valence-electron chi connectivity index (χ4n) is 4.50. The van der Waals surface area contributed by atoms with Crippen LogP contribution < -0.4 is 4.74 Å². The molecule has 1 aliphatic heterocycles. The van der Waals surface area contributed by atoms with Crippen LogP contribution in [-0.2, 0) is 5.54 Å². The number of phenolic OH excluding ortho intramolecular Hbond substituents is 1. The third kappa shape index (κ3) is 2.23. The summed E-state index contributed by atoms with van der Waals surface area (Å²) in [5.74, 6) is 0.294. The van der Waals surface area contributed by atoms with Crippen LogP contribution >= 0.6 is 0 Å². The Morgan fingerprint density at radius 2 is 2.18 bits per heavy atom. The number of hydrogen-bond donors (Lipinski definition) is 1. The number of alkyl halides is 1. The Morgan fingerprint density at radius 3 is 2.82 bits per heavy atom. The number of carbonyl (C=O) groups is 1. The molecule has 1 amide bonds. The normalized spacial score (nSPS) is 24.6. The van der Waals surface area contributed by atoms with E-state index < -0.39 is 11.2 Å². The predicted octanol–water partition coefficient (Wildman–Crippen LogP) is 4.01. The maximum absolute atomic E-state index is 14.1. The van der Waals surface area contributed by atoms with Gasteiger partial charge >= 0.3 is 0 Å². The van der Waals surface area contributed by atoms with Crippen molar-refractivity contribution in [3.63, 3.8) is 0 Å². The number of allylic oxidation sites excluding steroid dienone is 2. The lowest BCUT2D eigenvalue weighted by Gasteiger charge is -2.28. The number of aromatic hydroxyl groups is 1. The van der Waals surface area contributed by atoms with Crippen LogP contribution in [0, 0.1) is 0 Å². The number of pyridine rings is 1. The van der Waals surface area contributed by atoms with Gasteiger partial charge in [0, 0.05) is 30.1 Å². The van der Waals surface area contributed by atoms with Gasteiger partial charge in [-0.3, -0.25) is 9.78 Å². The van der Waals surface area contributed by atoms with Gasteiger partial charge in [0.15, 0.2) is 5.75 Å². The third-order valence-corrected chi connectivity index (χ3v) is 6.11. The molecule has 0 saturated heterocycles. The van der Waals surface area contributed by atoms with Crippen molar-refractivity contribution in [3.8, 4) is 11.5 Å². The highest BCUT2D eigenvalue weighted by Gasteiger charge is 2.60. The van der Waals surface area contributed by atoms with Gasteiger partial charge in [0.1, 0.15) is 16.9 Å². The van der Waals surface area contributed by atoms with Crippen molar-refractivity contribution in [1.29, 1.82) is 0 Å². The largest absolute Gasteiger partial charge is 0.505 e. The van der Waals surface area contributed by atoms with E-state index in [2.05, 4.69) is 4.98 Å². The minimum atomic E-state index is -1.34. The van der Waals surface area contributed by atoms with Crippen molar-refractivity contribution < 1.29 is 19.0 Å². The van der Waals surface area contributed by atoms with E-state index in [-0.39, 0.29) is 17.2 Å². The van der Waals surface area contributed by atoms with Crippen LogP contribution in [0.2, 0.25) is 0 Å². The van der Waals surface area contributed by atoms with Crippen LogP contribution in [0.5, 0.6) is 11.5 Å². The van der Waals surface area contributed by atoms with Gasteiger partial charge in [-0.25, -0.2) is 4.39 Å². The van der Waals surface area contributed by atoms with Crippen molar-refractivity contribution in [2.24, 2.45) is 0 Å². The average molecular weight is 380 g/mol. The molecule has 2 heterocycles. The Bertz CT molecular complexity index is 1080. The lowest BCUT2D eigenvalue weighted by atomic mass is 9.95. The second-order valence-electron chi connectivity index (χ2n) is 8.05. The minimum absolute atomic E-state index is 0.0883. The molecule has 2 aliphatic carbocycles. The van der Waals surface area contributed by atoms with E-state index in [9.17, 15) is 14.3 Å².